The number of para-hydroxylation sites is 2. The first kappa shape index (κ1) is 16.6. The van der Waals surface area contributed by atoms with E-state index in [9.17, 15) is 0 Å². The molecule has 0 spiro atoms. The Morgan fingerprint density at radius 1 is 0.923 bits per heavy atom. The van der Waals surface area contributed by atoms with E-state index in [0.29, 0.717) is 0 Å². The summed E-state index contributed by atoms with van der Waals surface area (Å²) in [5.74, 6) is 1.61. The number of benzene rings is 2. The van der Waals surface area contributed by atoms with Crippen molar-refractivity contribution in [3.63, 3.8) is 0 Å². The van der Waals surface area contributed by atoms with E-state index in [1.807, 2.05) is 13.0 Å². The molecule has 0 amide bonds. The number of hydrogen-bond donors (Lipinski definition) is 1. The minimum Gasteiger partial charge on any atom is -0.340 e. The average molecular weight is 344 g/mol. The van der Waals surface area contributed by atoms with Crippen LogP contribution in [0.1, 0.15) is 28.8 Å². The predicted molar refractivity (Wildman–Crippen MR) is 108 cm³/mol. The van der Waals surface area contributed by atoms with Gasteiger partial charge in [-0.15, -0.1) is 0 Å². The Balaban J connectivity index is 1.72. The van der Waals surface area contributed by atoms with Gasteiger partial charge >= 0.3 is 0 Å². The summed E-state index contributed by atoms with van der Waals surface area (Å²) in [5, 5.41) is 3.51. The van der Waals surface area contributed by atoms with Crippen molar-refractivity contribution in [2.75, 3.05) is 16.8 Å². The molecule has 4 heteroatoms. The highest BCUT2D eigenvalue weighted by Gasteiger charge is 2.20. The Bertz CT molecular complexity index is 928. The van der Waals surface area contributed by atoms with E-state index in [1.165, 1.54) is 22.4 Å². The van der Waals surface area contributed by atoms with E-state index in [-0.39, 0.29) is 0 Å². The van der Waals surface area contributed by atoms with Crippen molar-refractivity contribution in [1.82, 2.24) is 9.97 Å². The molecule has 0 atom stereocenters. The Kier molecular flexibility index (Phi) is 4.33. The number of hydrogen-bond acceptors (Lipinski definition) is 4. The molecule has 3 aromatic rings. The Morgan fingerprint density at radius 3 is 2.50 bits per heavy atom. The van der Waals surface area contributed by atoms with Crippen LogP contribution in [-0.4, -0.2) is 16.5 Å². The van der Waals surface area contributed by atoms with Crippen LogP contribution in [0.25, 0.3) is 0 Å². The zero-order chi connectivity index (χ0) is 18.1. The molecule has 0 saturated carbocycles. The smallest absolute Gasteiger partial charge is 0.232 e. The highest BCUT2D eigenvalue weighted by atomic mass is 15.3. The summed E-state index contributed by atoms with van der Waals surface area (Å²) >= 11 is 0. The lowest BCUT2D eigenvalue weighted by Crippen LogP contribution is -2.26. The highest BCUT2D eigenvalue weighted by Crippen LogP contribution is 2.32. The highest BCUT2D eigenvalue weighted by molar-refractivity contribution is 5.68. The second-order valence-corrected chi connectivity index (χ2v) is 6.97. The fourth-order valence-corrected chi connectivity index (χ4v) is 3.62. The number of aromatic nitrogens is 2. The van der Waals surface area contributed by atoms with Gasteiger partial charge in [-0.1, -0.05) is 36.4 Å². The molecule has 0 fully saturated rings. The molecule has 1 aliphatic heterocycles. The van der Waals surface area contributed by atoms with Crippen LogP contribution >= 0.6 is 0 Å². The first-order valence-electron chi connectivity index (χ1n) is 9.16. The topological polar surface area (TPSA) is 41.1 Å². The van der Waals surface area contributed by atoms with Crippen LogP contribution in [-0.2, 0) is 6.42 Å². The maximum Gasteiger partial charge on any atom is 0.232 e. The van der Waals surface area contributed by atoms with Gasteiger partial charge in [-0.2, -0.15) is 4.98 Å². The molecule has 2 aromatic carbocycles. The molecule has 4 nitrogen and oxygen atoms in total. The molecular formula is C22H24N4. The zero-order valence-corrected chi connectivity index (χ0v) is 15.6. The fourth-order valence-electron chi connectivity index (χ4n) is 3.62. The molecule has 0 bridgehead atoms. The number of fused-ring (bicyclic) bond motifs is 1. The first-order chi connectivity index (χ1) is 12.6. The second-order valence-electron chi connectivity index (χ2n) is 6.97. The van der Waals surface area contributed by atoms with Crippen molar-refractivity contribution in [3.05, 3.63) is 70.9 Å². The number of nitrogens with one attached hydrogen (secondary N) is 1. The summed E-state index contributed by atoms with van der Waals surface area (Å²) in [6.07, 6.45) is 2.24. The van der Waals surface area contributed by atoms with E-state index >= 15 is 0 Å². The quantitative estimate of drug-likeness (QED) is 0.706. The van der Waals surface area contributed by atoms with Gasteiger partial charge in [0, 0.05) is 29.7 Å². The maximum absolute atomic E-state index is 4.84. The lowest BCUT2D eigenvalue weighted by atomic mass is 10.0. The summed E-state index contributed by atoms with van der Waals surface area (Å²) in [6.45, 7) is 7.20. The summed E-state index contributed by atoms with van der Waals surface area (Å²) in [5.41, 5.74) is 7.11. The summed E-state index contributed by atoms with van der Waals surface area (Å²) in [7, 11) is 0. The van der Waals surface area contributed by atoms with Gasteiger partial charge in [-0.25, -0.2) is 4.98 Å². The predicted octanol–water partition coefficient (Wildman–Crippen LogP) is 5.23. The molecule has 26 heavy (non-hydrogen) atoms. The largest absolute Gasteiger partial charge is 0.340 e. The van der Waals surface area contributed by atoms with Crippen molar-refractivity contribution in [2.45, 2.75) is 33.6 Å². The molecule has 2 heterocycles. The molecule has 0 radical (unpaired) electrons. The molecule has 1 aliphatic rings. The Labute approximate surface area is 154 Å². The molecule has 132 valence electrons. The SMILES string of the molecule is Cc1cc(Nc2c(C)cccc2C)nc(N2CCCc3ccccc32)n1. The van der Waals surface area contributed by atoms with E-state index in [4.69, 9.17) is 9.97 Å². The molecule has 4 rings (SSSR count). The van der Waals surface area contributed by atoms with Crippen LogP contribution in [0.15, 0.2) is 48.5 Å². The van der Waals surface area contributed by atoms with Gasteiger partial charge in [-0.05, 0) is 56.4 Å². The van der Waals surface area contributed by atoms with Crippen molar-refractivity contribution in [1.29, 1.82) is 0 Å². The molecule has 0 unspecified atom stereocenters. The van der Waals surface area contributed by atoms with Crippen molar-refractivity contribution in [3.8, 4) is 0 Å². The van der Waals surface area contributed by atoms with Gasteiger partial charge in [0.2, 0.25) is 5.95 Å². The van der Waals surface area contributed by atoms with E-state index in [2.05, 4.69) is 66.5 Å². The second kappa shape index (κ2) is 6.79. The number of rotatable bonds is 3. The maximum atomic E-state index is 4.84. The van der Waals surface area contributed by atoms with Gasteiger partial charge in [-0.3, -0.25) is 0 Å². The third-order valence-electron chi connectivity index (χ3n) is 4.93. The molecule has 0 saturated heterocycles. The summed E-state index contributed by atoms with van der Waals surface area (Å²) in [4.78, 5) is 11.8. The van der Waals surface area contributed by atoms with E-state index in [0.717, 1.165) is 42.5 Å². The van der Waals surface area contributed by atoms with Crippen LogP contribution in [0.5, 0.6) is 0 Å². The minimum atomic E-state index is 0.769. The van der Waals surface area contributed by atoms with Gasteiger partial charge < -0.3 is 10.2 Å². The lowest BCUT2D eigenvalue weighted by molar-refractivity contribution is 0.749. The van der Waals surface area contributed by atoms with Crippen molar-refractivity contribution >= 4 is 23.1 Å². The minimum absolute atomic E-state index is 0.769. The van der Waals surface area contributed by atoms with Gasteiger partial charge in [0.15, 0.2) is 0 Å². The van der Waals surface area contributed by atoms with Gasteiger partial charge in [0.05, 0.1) is 0 Å². The number of aryl methyl sites for hydroxylation is 4. The van der Waals surface area contributed by atoms with Crippen LogP contribution in [0, 0.1) is 20.8 Å². The van der Waals surface area contributed by atoms with E-state index < -0.39 is 0 Å². The molecule has 1 aromatic heterocycles. The third-order valence-corrected chi connectivity index (χ3v) is 4.93. The van der Waals surface area contributed by atoms with E-state index in [1.54, 1.807) is 0 Å². The zero-order valence-electron chi connectivity index (χ0n) is 15.6. The standard InChI is InChI=1S/C22H24N4/c1-15-8-6-9-16(2)21(15)24-20-14-17(3)23-22(25-20)26-13-7-11-18-10-4-5-12-19(18)26/h4-6,8-10,12,14H,7,11,13H2,1-3H3,(H,23,24,25). The average Bonchev–Trinajstić information content (AvgIpc) is 2.64. The third kappa shape index (κ3) is 3.15. The van der Waals surface area contributed by atoms with Crippen LogP contribution in [0.3, 0.4) is 0 Å². The number of nitrogens with zero attached hydrogens (tertiary/aromatic N) is 3. The fraction of sp³-hybridized carbons (Fsp3) is 0.273. The monoisotopic (exact) mass is 344 g/mol. The van der Waals surface area contributed by atoms with Crippen molar-refractivity contribution in [2.24, 2.45) is 0 Å². The molecule has 1 N–H and O–H groups in total. The molecular weight excluding hydrogens is 320 g/mol. The summed E-state index contributed by atoms with van der Waals surface area (Å²) < 4.78 is 0. The van der Waals surface area contributed by atoms with Crippen LogP contribution < -0.4 is 10.2 Å². The van der Waals surface area contributed by atoms with Gasteiger partial charge in [0.1, 0.15) is 5.82 Å². The normalized spacial score (nSPS) is 13.4. The lowest BCUT2D eigenvalue weighted by Gasteiger charge is -2.29. The Morgan fingerprint density at radius 2 is 1.69 bits per heavy atom. The number of anilines is 4. The van der Waals surface area contributed by atoms with Crippen LogP contribution in [0.4, 0.5) is 23.1 Å². The van der Waals surface area contributed by atoms with Crippen LogP contribution in [0.2, 0.25) is 0 Å². The summed E-state index contributed by atoms with van der Waals surface area (Å²) in [6, 6.07) is 16.9. The Hall–Kier alpha value is -2.88. The molecule has 0 aliphatic carbocycles. The van der Waals surface area contributed by atoms with Crippen molar-refractivity contribution < 1.29 is 0 Å². The first-order valence-corrected chi connectivity index (χ1v) is 9.16. The van der Waals surface area contributed by atoms with Gasteiger partial charge in [0.25, 0.3) is 0 Å².